The summed E-state index contributed by atoms with van der Waals surface area (Å²) in [5.74, 6) is 0. The second-order valence-electron chi connectivity index (χ2n) is 5.26. The molecule has 4 heteroatoms. The summed E-state index contributed by atoms with van der Waals surface area (Å²) in [6.07, 6.45) is 0. The van der Waals surface area contributed by atoms with Crippen LogP contribution in [-0.2, 0) is 0 Å². The highest BCUT2D eigenvalue weighted by Gasteiger charge is 2.14. The van der Waals surface area contributed by atoms with Crippen LogP contribution in [0.5, 0.6) is 0 Å². The molecule has 0 aliphatic carbocycles. The SMILES string of the molecule is Cc1ccc(-c2cc3cc(Cl)ccc3n2C(C)C)nn1. The molecule has 0 aliphatic rings. The number of halogens is 1. The van der Waals surface area contributed by atoms with Crippen molar-refractivity contribution in [3.63, 3.8) is 0 Å². The van der Waals surface area contributed by atoms with E-state index in [4.69, 9.17) is 11.6 Å². The second kappa shape index (κ2) is 4.91. The van der Waals surface area contributed by atoms with Gasteiger partial charge in [-0.25, -0.2) is 0 Å². The third-order valence-electron chi connectivity index (χ3n) is 3.38. The van der Waals surface area contributed by atoms with Gasteiger partial charge in [-0.15, -0.1) is 5.10 Å². The molecule has 2 heterocycles. The molecule has 0 radical (unpaired) electrons. The van der Waals surface area contributed by atoms with Crippen LogP contribution in [0.25, 0.3) is 22.3 Å². The third kappa shape index (κ3) is 2.18. The van der Waals surface area contributed by atoms with E-state index in [1.54, 1.807) is 0 Å². The van der Waals surface area contributed by atoms with Crippen LogP contribution in [0.15, 0.2) is 36.4 Å². The standard InChI is InChI=1S/C16H16ClN3/c1-10(2)20-15-7-5-13(17)8-12(15)9-16(20)14-6-4-11(3)18-19-14/h4-10H,1-3H3. The van der Waals surface area contributed by atoms with Crippen LogP contribution in [0.4, 0.5) is 0 Å². The minimum atomic E-state index is 0.340. The van der Waals surface area contributed by atoms with Crippen molar-refractivity contribution in [1.82, 2.24) is 14.8 Å². The zero-order valence-electron chi connectivity index (χ0n) is 11.8. The highest BCUT2D eigenvalue weighted by molar-refractivity contribution is 6.31. The van der Waals surface area contributed by atoms with Crippen molar-refractivity contribution >= 4 is 22.5 Å². The minimum absolute atomic E-state index is 0.340. The largest absolute Gasteiger partial charge is 0.337 e. The summed E-state index contributed by atoms with van der Waals surface area (Å²) in [7, 11) is 0. The maximum Gasteiger partial charge on any atom is 0.109 e. The molecule has 0 N–H and O–H groups in total. The Labute approximate surface area is 123 Å². The van der Waals surface area contributed by atoms with Crippen LogP contribution < -0.4 is 0 Å². The molecule has 3 rings (SSSR count). The van der Waals surface area contributed by atoms with E-state index in [9.17, 15) is 0 Å². The molecule has 2 aromatic heterocycles. The first-order valence-electron chi connectivity index (χ1n) is 6.67. The van der Waals surface area contributed by atoms with Crippen molar-refractivity contribution < 1.29 is 0 Å². The van der Waals surface area contributed by atoms with Crippen molar-refractivity contribution in [2.75, 3.05) is 0 Å². The highest BCUT2D eigenvalue weighted by Crippen LogP contribution is 2.31. The molecule has 0 spiro atoms. The zero-order chi connectivity index (χ0) is 14.3. The summed E-state index contributed by atoms with van der Waals surface area (Å²) in [5.41, 5.74) is 4.05. The van der Waals surface area contributed by atoms with Crippen LogP contribution in [0.1, 0.15) is 25.6 Å². The van der Waals surface area contributed by atoms with Gasteiger partial charge in [0.15, 0.2) is 0 Å². The molecule has 0 saturated heterocycles. The van der Waals surface area contributed by atoms with Gasteiger partial charge in [0.25, 0.3) is 0 Å². The summed E-state index contributed by atoms with van der Waals surface area (Å²) in [4.78, 5) is 0. The van der Waals surface area contributed by atoms with E-state index in [2.05, 4.69) is 40.7 Å². The zero-order valence-corrected chi connectivity index (χ0v) is 12.5. The van der Waals surface area contributed by atoms with E-state index in [0.717, 1.165) is 27.5 Å². The van der Waals surface area contributed by atoms with Gasteiger partial charge in [0.1, 0.15) is 5.69 Å². The first kappa shape index (κ1) is 13.1. The fraction of sp³-hybridized carbons (Fsp3) is 0.250. The molecule has 0 bridgehead atoms. The van der Waals surface area contributed by atoms with E-state index >= 15 is 0 Å². The Morgan fingerprint density at radius 1 is 1.05 bits per heavy atom. The van der Waals surface area contributed by atoms with Gasteiger partial charge in [-0.2, -0.15) is 5.10 Å². The van der Waals surface area contributed by atoms with Gasteiger partial charge in [0, 0.05) is 22.0 Å². The lowest BCUT2D eigenvalue weighted by Gasteiger charge is -2.14. The van der Waals surface area contributed by atoms with Gasteiger partial charge < -0.3 is 4.57 Å². The molecule has 3 nitrogen and oxygen atoms in total. The Morgan fingerprint density at radius 2 is 1.85 bits per heavy atom. The molecule has 0 atom stereocenters. The number of aryl methyl sites for hydroxylation is 1. The van der Waals surface area contributed by atoms with E-state index in [1.807, 2.05) is 31.2 Å². The van der Waals surface area contributed by atoms with Crippen molar-refractivity contribution in [1.29, 1.82) is 0 Å². The van der Waals surface area contributed by atoms with E-state index in [1.165, 1.54) is 5.52 Å². The molecule has 0 saturated carbocycles. The van der Waals surface area contributed by atoms with E-state index < -0.39 is 0 Å². The molecule has 0 unspecified atom stereocenters. The highest BCUT2D eigenvalue weighted by atomic mass is 35.5. The lowest BCUT2D eigenvalue weighted by Crippen LogP contribution is -2.03. The number of benzene rings is 1. The summed E-state index contributed by atoms with van der Waals surface area (Å²) in [6.45, 7) is 6.27. The van der Waals surface area contributed by atoms with Crippen LogP contribution in [0.3, 0.4) is 0 Å². The van der Waals surface area contributed by atoms with Gasteiger partial charge in [0.05, 0.1) is 11.4 Å². The summed E-state index contributed by atoms with van der Waals surface area (Å²) >= 11 is 6.09. The molecular formula is C16H16ClN3. The van der Waals surface area contributed by atoms with Gasteiger partial charge in [-0.05, 0) is 57.2 Å². The smallest absolute Gasteiger partial charge is 0.109 e. The average molecular weight is 286 g/mol. The van der Waals surface area contributed by atoms with Gasteiger partial charge in [-0.3, -0.25) is 0 Å². The Hall–Kier alpha value is -1.87. The minimum Gasteiger partial charge on any atom is -0.337 e. The van der Waals surface area contributed by atoms with Gasteiger partial charge in [0.2, 0.25) is 0 Å². The number of hydrogen-bond acceptors (Lipinski definition) is 2. The summed E-state index contributed by atoms with van der Waals surface area (Å²) < 4.78 is 2.27. The molecule has 0 aliphatic heterocycles. The number of aromatic nitrogens is 3. The van der Waals surface area contributed by atoms with Crippen LogP contribution in [-0.4, -0.2) is 14.8 Å². The maximum atomic E-state index is 6.09. The second-order valence-corrected chi connectivity index (χ2v) is 5.69. The van der Waals surface area contributed by atoms with Gasteiger partial charge >= 0.3 is 0 Å². The van der Waals surface area contributed by atoms with Crippen molar-refractivity contribution in [3.05, 3.63) is 47.1 Å². The quantitative estimate of drug-likeness (QED) is 0.687. The monoisotopic (exact) mass is 285 g/mol. The molecule has 102 valence electrons. The van der Waals surface area contributed by atoms with E-state index in [-0.39, 0.29) is 0 Å². The maximum absolute atomic E-state index is 6.09. The number of hydrogen-bond donors (Lipinski definition) is 0. The Kier molecular flexibility index (Phi) is 3.22. The Bertz CT molecular complexity index is 757. The lowest BCUT2D eigenvalue weighted by molar-refractivity contribution is 0.627. The van der Waals surface area contributed by atoms with Crippen molar-refractivity contribution in [2.45, 2.75) is 26.8 Å². The average Bonchev–Trinajstić information content (AvgIpc) is 2.77. The Morgan fingerprint density at radius 3 is 2.50 bits per heavy atom. The number of rotatable bonds is 2. The normalized spacial score (nSPS) is 11.4. The van der Waals surface area contributed by atoms with E-state index in [0.29, 0.717) is 6.04 Å². The Balaban J connectivity index is 2.28. The molecular weight excluding hydrogens is 270 g/mol. The first-order valence-corrected chi connectivity index (χ1v) is 7.05. The predicted molar refractivity (Wildman–Crippen MR) is 83.1 cm³/mol. The van der Waals surface area contributed by atoms with Crippen molar-refractivity contribution in [3.8, 4) is 11.4 Å². The van der Waals surface area contributed by atoms with Crippen LogP contribution >= 0.6 is 11.6 Å². The first-order chi connectivity index (χ1) is 9.56. The number of fused-ring (bicyclic) bond motifs is 1. The predicted octanol–water partition coefficient (Wildman–Crippen LogP) is 4.64. The fourth-order valence-electron chi connectivity index (χ4n) is 2.50. The van der Waals surface area contributed by atoms with Crippen LogP contribution in [0.2, 0.25) is 5.02 Å². The van der Waals surface area contributed by atoms with Crippen molar-refractivity contribution in [2.24, 2.45) is 0 Å². The molecule has 20 heavy (non-hydrogen) atoms. The lowest BCUT2D eigenvalue weighted by atomic mass is 10.2. The molecule has 0 amide bonds. The molecule has 3 aromatic rings. The third-order valence-corrected chi connectivity index (χ3v) is 3.61. The summed E-state index contributed by atoms with van der Waals surface area (Å²) in [5, 5.41) is 10.3. The molecule has 1 aromatic carbocycles. The van der Waals surface area contributed by atoms with Gasteiger partial charge in [-0.1, -0.05) is 11.6 Å². The molecule has 0 fully saturated rings. The fourth-order valence-corrected chi connectivity index (χ4v) is 2.68. The number of nitrogens with zero attached hydrogens (tertiary/aromatic N) is 3. The van der Waals surface area contributed by atoms with Crippen LogP contribution in [0, 0.1) is 6.92 Å². The topological polar surface area (TPSA) is 30.7 Å². The summed E-state index contributed by atoms with van der Waals surface area (Å²) in [6, 6.07) is 12.4.